The Kier molecular flexibility index (Phi) is 4.48. The van der Waals surface area contributed by atoms with Crippen LogP contribution >= 0.6 is 0 Å². The molecule has 1 aromatic rings. The van der Waals surface area contributed by atoms with Crippen molar-refractivity contribution in [3.05, 3.63) is 35.6 Å². The molecule has 0 N–H and O–H groups in total. The molecule has 0 saturated carbocycles. The lowest BCUT2D eigenvalue weighted by Crippen LogP contribution is -2.53. The van der Waals surface area contributed by atoms with E-state index in [1.165, 1.54) is 0 Å². The highest BCUT2D eigenvalue weighted by molar-refractivity contribution is 5.53. The van der Waals surface area contributed by atoms with Gasteiger partial charge in [0.25, 0.3) is 0 Å². The van der Waals surface area contributed by atoms with Crippen LogP contribution in [0, 0.1) is 0 Å². The van der Waals surface area contributed by atoms with Crippen LogP contribution in [-0.4, -0.2) is 56.7 Å². The molecule has 1 aromatic carbocycles. The van der Waals surface area contributed by atoms with E-state index in [0.29, 0.717) is 0 Å². The van der Waals surface area contributed by atoms with Crippen molar-refractivity contribution in [3.8, 4) is 5.75 Å². The zero-order valence-electron chi connectivity index (χ0n) is 14.2. The molecule has 3 aliphatic rings. The number of methoxy groups -OCH3 is 1. The SMILES string of the molecule is COc1ccc(/C=C2/C[C@H](N3CCOCC3)[C@@]3(CCCO3)O2)cc1. The highest BCUT2D eigenvalue weighted by atomic mass is 16.7. The molecule has 4 rings (SSSR count). The fraction of sp³-hybridized carbons (Fsp3) is 0.579. The summed E-state index contributed by atoms with van der Waals surface area (Å²) in [6.07, 6.45) is 5.06. The maximum absolute atomic E-state index is 6.36. The van der Waals surface area contributed by atoms with E-state index in [9.17, 15) is 0 Å². The van der Waals surface area contributed by atoms with Gasteiger partial charge in [0, 0.05) is 25.9 Å². The summed E-state index contributed by atoms with van der Waals surface area (Å²) in [5.74, 6) is 1.42. The summed E-state index contributed by atoms with van der Waals surface area (Å²) in [5, 5.41) is 0. The Morgan fingerprint density at radius 1 is 1.17 bits per heavy atom. The van der Waals surface area contributed by atoms with E-state index in [-0.39, 0.29) is 6.04 Å². The van der Waals surface area contributed by atoms with Crippen molar-refractivity contribution in [3.63, 3.8) is 0 Å². The number of morpholine rings is 1. The van der Waals surface area contributed by atoms with E-state index < -0.39 is 5.79 Å². The molecule has 0 aromatic heterocycles. The molecular weight excluding hydrogens is 306 g/mol. The zero-order valence-corrected chi connectivity index (χ0v) is 14.2. The molecule has 5 nitrogen and oxygen atoms in total. The summed E-state index contributed by atoms with van der Waals surface area (Å²) in [4.78, 5) is 2.48. The Bertz CT molecular complexity index is 586. The summed E-state index contributed by atoms with van der Waals surface area (Å²) in [5.41, 5.74) is 1.13. The fourth-order valence-corrected chi connectivity index (χ4v) is 3.93. The summed E-state index contributed by atoms with van der Waals surface area (Å²) in [6, 6.07) is 8.35. The van der Waals surface area contributed by atoms with Crippen LogP contribution in [0.5, 0.6) is 5.75 Å². The second-order valence-electron chi connectivity index (χ2n) is 6.62. The van der Waals surface area contributed by atoms with Crippen LogP contribution < -0.4 is 4.74 Å². The van der Waals surface area contributed by atoms with Crippen molar-refractivity contribution >= 4 is 6.08 Å². The van der Waals surface area contributed by atoms with Gasteiger partial charge in [0.05, 0.1) is 33.0 Å². The molecule has 3 fully saturated rings. The highest BCUT2D eigenvalue weighted by Crippen LogP contribution is 2.44. The average Bonchev–Trinajstić information content (AvgIpc) is 3.24. The topological polar surface area (TPSA) is 40.2 Å². The van der Waals surface area contributed by atoms with E-state index in [1.807, 2.05) is 12.1 Å². The first-order valence-electron chi connectivity index (χ1n) is 8.78. The minimum absolute atomic E-state index is 0.286. The summed E-state index contributed by atoms with van der Waals surface area (Å²) >= 11 is 0. The Labute approximate surface area is 143 Å². The maximum Gasteiger partial charge on any atom is 0.226 e. The minimum atomic E-state index is -0.463. The van der Waals surface area contributed by atoms with Crippen molar-refractivity contribution in [1.29, 1.82) is 0 Å². The molecule has 0 bridgehead atoms. The van der Waals surface area contributed by atoms with Gasteiger partial charge in [-0.3, -0.25) is 4.90 Å². The second kappa shape index (κ2) is 6.75. The van der Waals surface area contributed by atoms with Crippen molar-refractivity contribution in [1.82, 2.24) is 4.90 Å². The van der Waals surface area contributed by atoms with Gasteiger partial charge in [-0.15, -0.1) is 0 Å². The molecule has 2 atom stereocenters. The monoisotopic (exact) mass is 331 g/mol. The molecule has 0 radical (unpaired) electrons. The number of benzene rings is 1. The third-order valence-electron chi connectivity index (χ3n) is 5.15. The van der Waals surface area contributed by atoms with Crippen LogP contribution in [0.25, 0.3) is 6.08 Å². The lowest BCUT2D eigenvalue weighted by atomic mass is 10.0. The normalized spacial score (nSPS) is 32.4. The second-order valence-corrected chi connectivity index (χ2v) is 6.62. The first-order valence-corrected chi connectivity index (χ1v) is 8.78. The minimum Gasteiger partial charge on any atom is -0.497 e. The Morgan fingerprint density at radius 3 is 2.62 bits per heavy atom. The molecule has 5 heteroatoms. The molecule has 3 heterocycles. The molecule has 24 heavy (non-hydrogen) atoms. The summed E-state index contributed by atoms with van der Waals surface area (Å²) in [7, 11) is 1.68. The summed E-state index contributed by atoms with van der Waals surface area (Å²) < 4.78 is 23.2. The first kappa shape index (κ1) is 15.9. The smallest absolute Gasteiger partial charge is 0.226 e. The molecule has 3 aliphatic heterocycles. The van der Waals surface area contributed by atoms with Crippen molar-refractivity contribution in [2.24, 2.45) is 0 Å². The van der Waals surface area contributed by atoms with Gasteiger partial charge in [0.1, 0.15) is 11.5 Å². The van der Waals surface area contributed by atoms with Crippen molar-refractivity contribution in [2.75, 3.05) is 40.0 Å². The first-order chi connectivity index (χ1) is 11.8. The number of hydrogen-bond acceptors (Lipinski definition) is 5. The third kappa shape index (κ3) is 3.04. The Hall–Kier alpha value is -1.56. The quantitative estimate of drug-likeness (QED) is 0.852. The predicted octanol–water partition coefficient (Wildman–Crippen LogP) is 2.66. The van der Waals surface area contributed by atoms with Crippen LogP contribution in [0.15, 0.2) is 30.0 Å². The van der Waals surface area contributed by atoms with E-state index in [0.717, 1.165) is 69.2 Å². The molecule has 130 valence electrons. The molecule has 0 unspecified atom stereocenters. The number of nitrogens with zero attached hydrogens (tertiary/aromatic N) is 1. The lowest BCUT2D eigenvalue weighted by molar-refractivity contribution is -0.198. The number of hydrogen-bond donors (Lipinski definition) is 0. The molecule has 1 spiro atoms. The fourth-order valence-electron chi connectivity index (χ4n) is 3.93. The Balaban J connectivity index is 1.55. The van der Waals surface area contributed by atoms with Gasteiger partial charge < -0.3 is 18.9 Å². The highest BCUT2D eigenvalue weighted by Gasteiger charge is 2.53. The number of ether oxygens (including phenoxy) is 4. The molecule has 0 amide bonds. The molecular formula is C19H25NO4. The lowest BCUT2D eigenvalue weighted by Gasteiger charge is -2.38. The zero-order chi connectivity index (χ0) is 16.4. The van der Waals surface area contributed by atoms with Gasteiger partial charge >= 0.3 is 0 Å². The molecule has 0 aliphatic carbocycles. The van der Waals surface area contributed by atoms with E-state index in [1.54, 1.807) is 7.11 Å². The van der Waals surface area contributed by atoms with Gasteiger partial charge in [-0.25, -0.2) is 0 Å². The van der Waals surface area contributed by atoms with Gasteiger partial charge in [-0.2, -0.15) is 0 Å². The average molecular weight is 331 g/mol. The van der Waals surface area contributed by atoms with E-state index >= 15 is 0 Å². The van der Waals surface area contributed by atoms with E-state index in [4.69, 9.17) is 18.9 Å². The number of rotatable bonds is 3. The maximum atomic E-state index is 6.36. The summed E-state index contributed by atoms with van der Waals surface area (Å²) in [6.45, 7) is 4.29. The van der Waals surface area contributed by atoms with Crippen LogP contribution in [-0.2, 0) is 14.2 Å². The predicted molar refractivity (Wildman–Crippen MR) is 90.8 cm³/mol. The third-order valence-corrected chi connectivity index (χ3v) is 5.15. The standard InChI is InChI=1S/C19H25NO4/c1-21-16-5-3-15(4-6-16)13-17-14-18(20-8-11-22-12-9-20)19(24-17)7-2-10-23-19/h3-6,13,18H,2,7-12,14H2,1H3/b17-13-/t18-,19+/m0/s1. The largest absolute Gasteiger partial charge is 0.497 e. The van der Waals surface area contributed by atoms with Gasteiger partial charge in [-0.05, 0) is 30.2 Å². The van der Waals surface area contributed by atoms with Gasteiger partial charge in [0.15, 0.2) is 0 Å². The molecule has 3 saturated heterocycles. The van der Waals surface area contributed by atoms with Crippen LogP contribution in [0.1, 0.15) is 24.8 Å². The van der Waals surface area contributed by atoms with E-state index in [2.05, 4.69) is 23.1 Å². The van der Waals surface area contributed by atoms with Crippen LogP contribution in [0.4, 0.5) is 0 Å². The van der Waals surface area contributed by atoms with Gasteiger partial charge in [-0.1, -0.05) is 12.1 Å². The van der Waals surface area contributed by atoms with Crippen molar-refractivity contribution in [2.45, 2.75) is 31.1 Å². The van der Waals surface area contributed by atoms with Crippen molar-refractivity contribution < 1.29 is 18.9 Å². The van der Waals surface area contributed by atoms with Crippen LogP contribution in [0.2, 0.25) is 0 Å². The van der Waals surface area contributed by atoms with Crippen LogP contribution in [0.3, 0.4) is 0 Å². The Morgan fingerprint density at radius 2 is 1.96 bits per heavy atom. The van der Waals surface area contributed by atoms with Gasteiger partial charge in [0.2, 0.25) is 5.79 Å².